The number of aromatic nitrogens is 2. The predicted octanol–water partition coefficient (Wildman–Crippen LogP) is 0.693. The van der Waals surface area contributed by atoms with Crippen molar-refractivity contribution >= 4 is 22.6 Å². The lowest BCUT2D eigenvalue weighted by atomic mass is 10.2. The van der Waals surface area contributed by atoms with E-state index in [0.717, 1.165) is 12.8 Å². The molecule has 0 fully saturated rings. The third kappa shape index (κ3) is 3.56. The average Bonchev–Trinajstić information content (AvgIpc) is 2.49. The molecule has 0 saturated heterocycles. The summed E-state index contributed by atoms with van der Waals surface area (Å²) in [6.45, 7) is 2.54. The van der Waals surface area contributed by atoms with Crippen molar-refractivity contribution < 1.29 is 5.11 Å². The normalized spacial score (nSPS) is 12.8. The molecule has 0 amide bonds. The molecule has 0 aliphatic rings. The Morgan fingerprint density at radius 1 is 1.69 bits per heavy atom. The second-order valence-corrected chi connectivity index (χ2v) is 3.53. The Labute approximate surface area is 81.2 Å². The van der Waals surface area contributed by atoms with Crippen LogP contribution in [0.5, 0.6) is 0 Å². The van der Waals surface area contributed by atoms with Gasteiger partial charge in [-0.25, -0.2) is 0 Å². The van der Waals surface area contributed by atoms with Crippen molar-refractivity contribution in [1.82, 2.24) is 9.36 Å². The van der Waals surface area contributed by atoms with Crippen LogP contribution >= 0.6 is 11.5 Å². The Balaban J connectivity index is 2.26. The van der Waals surface area contributed by atoms with Gasteiger partial charge in [0.25, 0.3) is 0 Å². The third-order valence-electron chi connectivity index (χ3n) is 1.55. The first-order valence-corrected chi connectivity index (χ1v) is 5.00. The second kappa shape index (κ2) is 4.98. The number of nitrogens with zero attached hydrogens (tertiary/aromatic N) is 2. The van der Waals surface area contributed by atoms with Crippen LogP contribution in [-0.2, 0) is 0 Å². The van der Waals surface area contributed by atoms with Gasteiger partial charge in [0.05, 0.1) is 6.10 Å². The molecule has 1 aromatic heterocycles. The van der Waals surface area contributed by atoms with Crippen molar-refractivity contribution in [3.05, 3.63) is 0 Å². The Bertz CT molecular complexity index is 252. The van der Waals surface area contributed by atoms with Crippen LogP contribution in [0.3, 0.4) is 0 Å². The minimum atomic E-state index is -0.324. The molecule has 1 heterocycles. The zero-order valence-corrected chi connectivity index (χ0v) is 8.34. The van der Waals surface area contributed by atoms with Gasteiger partial charge in [-0.2, -0.15) is 9.36 Å². The summed E-state index contributed by atoms with van der Waals surface area (Å²) < 4.78 is 3.80. The summed E-state index contributed by atoms with van der Waals surface area (Å²) in [5.74, 6) is 0.275. The van der Waals surface area contributed by atoms with E-state index in [1.165, 1.54) is 11.5 Å². The summed E-state index contributed by atoms with van der Waals surface area (Å²) in [6.07, 6.45) is 1.44. The SMILES string of the molecule is CCCC(O)CNc1nc(N)ns1. The van der Waals surface area contributed by atoms with Crippen molar-refractivity contribution in [2.75, 3.05) is 17.6 Å². The highest BCUT2D eigenvalue weighted by Gasteiger charge is 2.04. The fraction of sp³-hybridized carbons (Fsp3) is 0.714. The number of aliphatic hydroxyl groups is 1. The van der Waals surface area contributed by atoms with Crippen molar-refractivity contribution in [2.24, 2.45) is 0 Å². The summed E-state index contributed by atoms with van der Waals surface area (Å²) in [7, 11) is 0. The van der Waals surface area contributed by atoms with E-state index in [1.807, 2.05) is 6.92 Å². The van der Waals surface area contributed by atoms with Gasteiger partial charge in [-0.15, -0.1) is 0 Å². The first kappa shape index (κ1) is 10.2. The van der Waals surface area contributed by atoms with Crippen LogP contribution in [-0.4, -0.2) is 27.1 Å². The van der Waals surface area contributed by atoms with Crippen LogP contribution in [0, 0.1) is 0 Å². The maximum absolute atomic E-state index is 9.38. The molecule has 0 aliphatic carbocycles. The highest BCUT2D eigenvalue weighted by atomic mass is 32.1. The Morgan fingerprint density at radius 3 is 3.00 bits per heavy atom. The lowest BCUT2D eigenvalue weighted by Crippen LogP contribution is -2.18. The van der Waals surface area contributed by atoms with Crippen molar-refractivity contribution in [2.45, 2.75) is 25.9 Å². The van der Waals surface area contributed by atoms with E-state index in [0.29, 0.717) is 11.7 Å². The van der Waals surface area contributed by atoms with E-state index >= 15 is 0 Å². The Morgan fingerprint density at radius 2 is 2.46 bits per heavy atom. The van der Waals surface area contributed by atoms with E-state index in [2.05, 4.69) is 14.7 Å². The molecule has 74 valence electrons. The number of aliphatic hydroxyl groups excluding tert-OH is 1. The molecular formula is C7H14N4OS. The highest BCUT2D eigenvalue weighted by molar-refractivity contribution is 7.09. The molecule has 5 nitrogen and oxygen atoms in total. The average molecular weight is 202 g/mol. The predicted molar refractivity (Wildman–Crippen MR) is 53.7 cm³/mol. The molecule has 13 heavy (non-hydrogen) atoms. The lowest BCUT2D eigenvalue weighted by Gasteiger charge is -2.08. The van der Waals surface area contributed by atoms with Crippen LogP contribution in [0.2, 0.25) is 0 Å². The van der Waals surface area contributed by atoms with Crippen molar-refractivity contribution in [1.29, 1.82) is 0 Å². The van der Waals surface area contributed by atoms with Gasteiger partial charge in [0.1, 0.15) is 0 Å². The lowest BCUT2D eigenvalue weighted by molar-refractivity contribution is 0.176. The molecule has 6 heteroatoms. The fourth-order valence-electron chi connectivity index (χ4n) is 0.947. The number of hydrogen-bond donors (Lipinski definition) is 3. The molecule has 0 saturated carbocycles. The quantitative estimate of drug-likeness (QED) is 0.654. The van der Waals surface area contributed by atoms with Gasteiger partial charge in [-0.1, -0.05) is 13.3 Å². The van der Waals surface area contributed by atoms with Gasteiger partial charge in [0, 0.05) is 18.1 Å². The fourth-order valence-corrected chi connectivity index (χ4v) is 1.45. The van der Waals surface area contributed by atoms with Gasteiger partial charge in [-0.05, 0) is 6.42 Å². The van der Waals surface area contributed by atoms with Crippen LogP contribution < -0.4 is 11.1 Å². The molecule has 0 radical (unpaired) electrons. The van der Waals surface area contributed by atoms with E-state index in [9.17, 15) is 5.11 Å². The maximum atomic E-state index is 9.38. The molecule has 0 bridgehead atoms. The first-order valence-electron chi connectivity index (χ1n) is 4.23. The number of nitrogen functional groups attached to an aromatic ring is 1. The summed E-state index contributed by atoms with van der Waals surface area (Å²) in [6, 6.07) is 0. The van der Waals surface area contributed by atoms with Crippen LogP contribution in [0.15, 0.2) is 0 Å². The molecule has 1 aromatic rings. The largest absolute Gasteiger partial charge is 0.391 e. The smallest absolute Gasteiger partial charge is 0.233 e. The summed E-state index contributed by atoms with van der Waals surface area (Å²) >= 11 is 1.20. The standard InChI is InChI=1S/C7H14N4OS/c1-2-3-5(12)4-9-7-10-6(8)11-13-7/h5,12H,2-4H2,1H3,(H3,8,9,10,11). The van der Waals surface area contributed by atoms with E-state index in [1.54, 1.807) is 0 Å². The van der Waals surface area contributed by atoms with Crippen LogP contribution in [0.25, 0.3) is 0 Å². The molecule has 1 rings (SSSR count). The zero-order valence-electron chi connectivity index (χ0n) is 7.53. The van der Waals surface area contributed by atoms with Crippen molar-refractivity contribution in [3.63, 3.8) is 0 Å². The van der Waals surface area contributed by atoms with Crippen molar-refractivity contribution in [3.8, 4) is 0 Å². The van der Waals surface area contributed by atoms with E-state index in [-0.39, 0.29) is 12.1 Å². The molecule has 0 aromatic carbocycles. The highest BCUT2D eigenvalue weighted by Crippen LogP contribution is 2.11. The number of nitrogens with two attached hydrogens (primary N) is 1. The number of nitrogens with one attached hydrogen (secondary N) is 1. The topological polar surface area (TPSA) is 84.1 Å². The van der Waals surface area contributed by atoms with E-state index < -0.39 is 0 Å². The summed E-state index contributed by atoms with van der Waals surface area (Å²) in [5.41, 5.74) is 5.33. The Kier molecular flexibility index (Phi) is 3.91. The molecule has 1 atom stereocenters. The molecule has 4 N–H and O–H groups in total. The molecule has 0 aliphatic heterocycles. The molecule has 1 unspecified atom stereocenters. The van der Waals surface area contributed by atoms with Gasteiger partial charge >= 0.3 is 0 Å². The molecule has 0 spiro atoms. The zero-order chi connectivity index (χ0) is 9.68. The van der Waals surface area contributed by atoms with E-state index in [4.69, 9.17) is 5.73 Å². The second-order valence-electron chi connectivity index (χ2n) is 2.78. The van der Waals surface area contributed by atoms with Gasteiger partial charge < -0.3 is 16.2 Å². The molecular weight excluding hydrogens is 188 g/mol. The number of rotatable bonds is 5. The monoisotopic (exact) mass is 202 g/mol. The van der Waals surface area contributed by atoms with Gasteiger partial charge in [-0.3, -0.25) is 0 Å². The van der Waals surface area contributed by atoms with Gasteiger partial charge in [0.15, 0.2) is 0 Å². The third-order valence-corrected chi connectivity index (χ3v) is 2.24. The minimum Gasteiger partial charge on any atom is -0.391 e. The minimum absolute atomic E-state index is 0.275. The Hall–Kier alpha value is -0.880. The summed E-state index contributed by atoms with van der Waals surface area (Å²) in [4.78, 5) is 3.91. The van der Waals surface area contributed by atoms with Crippen LogP contribution in [0.4, 0.5) is 11.1 Å². The maximum Gasteiger partial charge on any atom is 0.233 e. The first-order chi connectivity index (χ1) is 6.22. The van der Waals surface area contributed by atoms with Gasteiger partial charge in [0.2, 0.25) is 11.1 Å². The summed E-state index contributed by atoms with van der Waals surface area (Å²) in [5, 5.41) is 13.0. The number of anilines is 2. The number of hydrogen-bond acceptors (Lipinski definition) is 6. The van der Waals surface area contributed by atoms with Crippen LogP contribution in [0.1, 0.15) is 19.8 Å².